The molecular formula is C18H32O8S2. The predicted octanol–water partition coefficient (Wildman–Crippen LogP) is 2.44. The second kappa shape index (κ2) is 17.1. The molecule has 0 aliphatic heterocycles. The first-order chi connectivity index (χ1) is 13.4. The fraction of sp³-hybridized carbons (Fsp3) is 0.833. The van der Waals surface area contributed by atoms with E-state index in [1.807, 2.05) is 0 Å². The summed E-state index contributed by atoms with van der Waals surface area (Å²) in [5.41, 5.74) is -0.942. The highest BCUT2D eigenvalue weighted by atomic mass is 33.1. The van der Waals surface area contributed by atoms with E-state index < -0.39 is 11.4 Å². The minimum absolute atomic E-state index is 0.0160. The number of hydrogen-bond acceptors (Lipinski definition) is 9. The van der Waals surface area contributed by atoms with Crippen LogP contribution in [0.3, 0.4) is 0 Å². The van der Waals surface area contributed by atoms with Crippen molar-refractivity contribution in [2.75, 3.05) is 58.8 Å². The van der Waals surface area contributed by atoms with Gasteiger partial charge in [0.05, 0.1) is 12.0 Å². The fourth-order valence-corrected chi connectivity index (χ4v) is 3.79. The van der Waals surface area contributed by atoms with E-state index in [4.69, 9.17) is 24.1 Å². The van der Waals surface area contributed by atoms with Gasteiger partial charge in [-0.15, -0.1) is 0 Å². The van der Waals surface area contributed by atoms with E-state index in [1.165, 1.54) is 21.6 Å². The molecule has 0 radical (unpaired) electrons. The third kappa shape index (κ3) is 14.2. The molecule has 0 aromatic carbocycles. The van der Waals surface area contributed by atoms with Crippen molar-refractivity contribution in [1.82, 2.24) is 0 Å². The van der Waals surface area contributed by atoms with Gasteiger partial charge in [-0.1, -0.05) is 21.6 Å². The molecule has 8 nitrogen and oxygen atoms in total. The first kappa shape index (κ1) is 27.2. The molecule has 1 atom stereocenters. The minimum Gasteiger partial charge on any atom is -0.481 e. The van der Waals surface area contributed by atoms with Crippen LogP contribution in [0.2, 0.25) is 0 Å². The van der Waals surface area contributed by atoms with Crippen molar-refractivity contribution in [3.05, 3.63) is 0 Å². The first-order valence-corrected chi connectivity index (χ1v) is 11.5. The topological polar surface area (TPSA) is 108 Å². The Bertz CT molecular complexity index is 461. The molecule has 0 aromatic rings. The highest BCUT2D eigenvalue weighted by Crippen LogP contribution is 2.26. The van der Waals surface area contributed by atoms with Gasteiger partial charge in [0.25, 0.3) is 0 Å². The lowest BCUT2D eigenvalue weighted by atomic mass is 9.86. The molecule has 0 aliphatic rings. The van der Waals surface area contributed by atoms with Crippen molar-refractivity contribution < 1.29 is 38.4 Å². The molecule has 0 aliphatic carbocycles. The fourth-order valence-electron chi connectivity index (χ4n) is 2.07. The van der Waals surface area contributed by atoms with E-state index in [0.29, 0.717) is 38.4 Å². The molecule has 28 heavy (non-hydrogen) atoms. The zero-order chi connectivity index (χ0) is 21.3. The third-order valence-electron chi connectivity index (χ3n) is 3.69. The Labute approximate surface area is 174 Å². The van der Waals surface area contributed by atoms with E-state index in [2.05, 4.69) is 0 Å². The Morgan fingerprint density at radius 1 is 0.929 bits per heavy atom. The summed E-state index contributed by atoms with van der Waals surface area (Å²) >= 11 is 0. The zero-order valence-electron chi connectivity index (χ0n) is 16.9. The number of aliphatic carboxylic acids is 1. The highest BCUT2D eigenvalue weighted by molar-refractivity contribution is 8.76. The number of Topliss-reactive ketones (excluding diaryl/α,β-unsaturated/α-hetero) is 1. The molecule has 164 valence electrons. The number of ether oxygens (including phenoxy) is 4. The van der Waals surface area contributed by atoms with Crippen molar-refractivity contribution in [1.29, 1.82) is 0 Å². The van der Waals surface area contributed by atoms with Gasteiger partial charge in [0, 0.05) is 52.6 Å². The van der Waals surface area contributed by atoms with Gasteiger partial charge in [0.1, 0.15) is 18.1 Å². The van der Waals surface area contributed by atoms with Gasteiger partial charge in [-0.25, -0.2) is 0 Å². The Morgan fingerprint density at radius 3 is 2.25 bits per heavy atom. The van der Waals surface area contributed by atoms with Gasteiger partial charge >= 0.3 is 11.9 Å². The maximum absolute atomic E-state index is 12.7. The summed E-state index contributed by atoms with van der Waals surface area (Å²) in [4.78, 5) is 35.1. The number of ketones is 1. The molecule has 0 rings (SSSR count). The van der Waals surface area contributed by atoms with Crippen molar-refractivity contribution in [2.45, 2.75) is 32.6 Å². The summed E-state index contributed by atoms with van der Waals surface area (Å²) in [7, 11) is 5.70. The summed E-state index contributed by atoms with van der Waals surface area (Å²) < 4.78 is 20.8. The molecule has 0 amide bonds. The number of rotatable bonds is 19. The van der Waals surface area contributed by atoms with Crippen LogP contribution in [0.5, 0.6) is 0 Å². The van der Waals surface area contributed by atoms with Crippen LogP contribution in [0.15, 0.2) is 0 Å². The highest BCUT2D eigenvalue weighted by Gasteiger charge is 2.34. The molecule has 0 aromatic heterocycles. The Morgan fingerprint density at radius 2 is 1.61 bits per heavy atom. The molecule has 1 unspecified atom stereocenters. The average molecular weight is 441 g/mol. The quantitative estimate of drug-likeness (QED) is 0.183. The number of carboxylic acid groups (broad SMARTS) is 1. The number of methoxy groups -OCH3 is 2. The Balaban J connectivity index is 4.52. The van der Waals surface area contributed by atoms with E-state index >= 15 is 0 Å². The molecule has 0 spiro atoms. The van der Waals surface area contributed by atoms with Crippen molar-refractivity contribution in [3.8, 4) is 0 Å². The first-order valence-electron chi connectivity index (χ1n) is 9.06. The van der Waals surface area contributed by atoms with E-state index in [-0.39, 0.29) is 43.6 Å². The monoisotopic (exact) mass is 440 g/mol. The summed E-state index contributed by atoms with van der Waals surface area (Å²) in [5, 5.41) is 8.63. The SMILES string of the molecule is COCCCOCC(C)(COC(=O)CCCOC)C(=O)CCSSCC(=O)O. The van der Waals surface area contributed by atoms with Gasteiger partial charge in [-0.3, -0.25) is 14.4 Å². The molecule has 0 saturated carbocycles. The number of hydrogen-bond donors (Lipinski definition) is 1. The molecule has 0 heterocycles. The van der Waals surface area contributed by atoms with Crippen LogP contribution >= 0.6 is 21.6 Å². The second-order valence-corrected chi connectivity index (χ2v) is 8.95. The second-order valence-electron chi connectivity index (χ2n) is 6.37. The average Bonchev–Trinajstić information content (AvgIpc) is 2.65. The summed E-state index contributed by atoms with van der Waals surface area (Å²) in [5.74, 6) is -0.872. The summed E-state index contributed by atoms with van der Waals surface area (Å²) in [6, 6.07) is 0. The van der Waals surface area contributed by atoms with Gasteiger partial charge in [0.2, 0.25) is 0 Å². The minimum atomic E-state index is -0.942. The van der Waals surface area contributed by atoms with Crippen LogP contribution < -0.4 is 0 Å². The molecule has 10 heteroatoms. The zero-order valence-corrected chi connectivity index (χ0v) is 18.5. The lowest BCUT2D eigenvalue weighted by molar-refractivity contribution is -0.152. The number of esters is 1. The van der Waals surface area contributed by atoms with E-state index in [0.717, 1.165) is 0 Å². The third-order valence-corrected chi connectivity index (χ3v) is 5.95. The van der Waals surface area contributed by atoms with Crippen molar-refractivity contribution in [3.63, 3.8) is 0 Å². The normalized spacial score (nSPS) is 13.1. The van der Waals surface area contributed by atoms with Crippen LogP contribution in [-0.4, -0.2) is 81.6 Å². The summed E-state index contributed by atoms with van der Waals surface area (Å²) in [6.45, 7) is 3.31. The molecule has 0 fully saturated rings. The number of carbonyl (C=O) groups excluding carboxylic acids is 2. The van der Waals surface area contributed by atoms with Crippen LogP contribution in [0.4, 0.5) is 0 Å². The molecule has 0 saturated heterocycles. The Hall–Kier alpha value is -0.810. The van der Waals surface area contributed by atoms with Crippen LogP contribution in [0.1, 0.15) is 32.6 Å². The van der Waals surface area contributed by atoms with Crippen LogP contribution in [0, 0.1) is 5.41 Å². The largest absolute Gasteiger partial charge is 0.481 e. The van der Waals surface area contributed by atoms with E-state index in [9.17, 15) is 14.4 Å². The van der Waals surface area contributed by atoms with Gasteiger partial charge in [-0.2, -0.15) is 0 Å². The Kier molecular flexibility index (Phi) is 16.6. The van der Waals surface area contributed by atoms with Crippen molar-refractivity contribution in [2.24, 2.45) is 5.41 Å². The van der Waals surface area contributed by atoms with Gasteiger partial charge in [0.15, 0.2) is 0 Å². The summed E-state index contributed by atoms with van der Waals surface area (Å²) in [6.07, 6.45) is 1.75. The van der Waals surface area contributed by atoms with Crippen LogP contribution in [-0.2, 0) is 33.3 Å². The number of carboxylic acids is 1. The lowest BCUT2D eigenvalue weighted by Gasteiger charge is -2.27. The van der Waals surface area contributed by atoms with Crippen LogP contribution in [0.25, 0.3) is 0 Å². The predicted molar refractivity (Wildman–Crippen MR) is 110 cm³/mol. The van der Waals surface area contributed by atoms with E-state index in [1.54, 1.807) is 21.1 Å². The van der Waals surface area contributed by atoms with Crippen molar-refractivity contribution >= 4 is 39.3 Å². The standard InChI is InChI=1S/C18H32O8S2/c1-18(13-25-10-5-9-24-3,14-26-17(22)6-4-8-23-2)15(19)7-11-27-28-12-16(20)21/h4-14H2,1-3H3,(H,20,21). The smallest absolute Gasteiger partial charge is 0.314 e. The molecule has 1 N–H and O–H groups in total. The van der Waals surface area contributed by atoms with Gasteiger partial charge < -0.3 is 24.1 Å². The maximum Gasteiger partial charge on any atom is 0.314 e. The lowest BCUT2D eigenvalue weighted by Crippen LogP contribution is -2.39. The van der Waals surface area contributed by atoms with Gasteiger partial charge in [-0.05, 0) is 19.8 Å². The number of carbonyl (C=O) groups is 3. The molecular weight excluding hydrogens is 408 g/mol. The maximum atomic E-state index is 12.7. The molecule has 0 bridgehead atoms.